The molecule has 0 radical (unpaired) electrons. The predicted molar refractivity (Wildman–Crippen MR) is 70.0 cm³/mol. The van der Waals surface area contributed by atoms with Gasteiger partial charge in [-0.3, -0.25) is 4.68 Å². The van der Waals surface area contributed by atoms with Crippen molar-refractivity contribution < 1.29 is 4.74 Å². The van der Waals surface area contributed by atoms with Gasteiger partial charge in [-0.1, -0.05) is 6.92 Å². The molecule has 0 aliphatic heterocycles. The van der Waals surface area contributed by atoms with Gasteiger partial charge in [-0.15, -0.1) is 0 Å². The topological polar surface area (TPSA) is 39.1 Å². The van der Waals surface area contributed by atoms with Gasteiger partial charge in [-0.05, 0) is 33.3 Å². The zero-order valence-corrected chi connectivity index (χ0v) is 11.4. The molecule has 1 heterocycles. The highest BCUT2D eigenvalue weighted by Crippen LogP contribution is 2.09. The monoisotopic (exact) mass is 239 g/mol. The molecule has 4 heteroatoms. The fourth-order valence-electron chi connectivity index (χ4n) is 1.54. The molecule has 0 amide bonds. The first-order chi connectivity index (χ1) is 8.17. The zero-order chi connectivity index (χ0) is 12.7. The van der Waals surface area contributed by atoms with Crippen molar-refractivity contribution in [2.24, 2.45) is 0 Å². The Labute approximate surface area is 104 Å². The molecule has 0 aromatic carbocycles. The summed E-state index contributed by atoms with van der Waals surface area (Å²) in [5, 5.41) is 7.95. The maximum absolute atomic E-state index is 5.36. The molecule has 0 aliphatic carbocycles. The average molecular weight is 239 g/mol. The van der Waals surface area contributed by atoms with E-state index in [9.17, 15) is 0 Å². The van der Waals surface area contributed by atoms with Crippen LogP contribution in [-0.4, -0.2) is 29.0 Å². The number of hydrogen-bond acceptors (Lipinski definition) is 3. The molecule has 0 saturated heterocycles. The van der Waals surface area contributed by atoms with Crippen molar-refractivity contribution in [2.45, 2.75) is 52.7 Å². The van der Waals surface area contributed by atoms with E-state index in [4.69, 9.17) is 4.74 Å². The molecular weight excluding hydrogens is 214 g/mol. The number of ether oxygens (including phenoxy) is 1. The molecule has 0 fully saturated rings. The summed E-state index contributed by atoms with van der Waals surface area (Å²) >= 11 is 0. The fourth-order valence-corrected chi connectivity index (χ4v) is 1.54. The van der Waals surface area contributed by atoms with Gasteiger partial charge in [0, 0.05) is 31.4 Å². The summed E-state index contributed by atoms with van der Waals surface area (Å²) in [7, 11) is 0. The summed E-state index contributed by atoms with van der Waals surface area (Å²) in [6, 6.07) is 2.92. The van der Waals surface area contributed by atoms with Gasteiger partial charge in [0.15, 0.2) is 0 Å². The van der Waals surface area contributed by atoms with E-state index in [2.05, 4.69) is 43.4 Å². The lowest BCUT2D eigenvalue weighted by molar-refractivity contribution is 0.127. The maximum Gasteiger partial charge on any atom is 0.0762 e. The SMILES string of the molecule is CCOCC(C)NCc1ccn(C(C)CC)n1. The van der Waals surface area contributed by atoms with Gasteiger partial charge >= 0.3 is 0 Å². The van der Waals surface area contributed by atoms with Gasteiger partial charge in [-0.25, -0.2) is 0 Å². The lowest BCUT2D eigenvalue weighted by Crippen LogP contribution is -2.30. The van der Waals surface area contributed by atoms with Gasteiger partial charge in [0.1, 0.15) is 0 Å². The third-order valence-electron chi connectivity index (χ3n) is 2.91. The molecule has 2 unspecified atom stereocenters. The van der Waals surface area contributed by atoms with E-state index in [0.29, 0.717) is 12.1 Å². The Morgan fingerprint density at radius 3 is 2.82 bits per heavy atom. The second-order valence-electron chi connectivity index (χ2n) is 4.49. The van der Waals surface area contributed by atoms with Crippen LogP contribution < -0.4 is 5.32 Å². The Bertz CT molecular complexity index is 311. The van der Waals surface area contributed by atoms with Crippen molar-refractivity contribution in [3.8, 4) is 0 Å². The van der Waals surface area contributed by atoms with Crippen molar-refractivity contribution in [3.05, 3.63) is 18.0 Å². The molecule has 17 heavy (non-hydrogen) atoms. The molecule has 0 aliphatic rings. The Balaban J connectivity index is 2.34. The Morgan fingerprint density at radius 1 is 1.41 bits per heavy atom. The van der Waals surface area contributed by atoms with E-state index < -0.39 is 0 Å². The molecular formula is C13H25N3O. The molecule has 1 N–H and O–H groups in total. The van der Waals surface area contributed by atoms with Crippen LogP contribution in [0.15, 0.2) is 12.3 Å². The molecule has 1 aromatic heterocycles. The minimum Gasteiger partial charge on any atom is -0.380 e. The Hall–Kier alpha value is -0.870. The summed E-state index contributed by atoms with van der Waals surface area (Å²) in [6.07, 6.45) is 3.16. The van der Waals surface area contributed by atoms with E-state index in [1.54, 1.807) is 0 Å². The van der Waals surface area contributed by atoms with Gasteiger partial charge < -0.3 is 10.1 Å². The van der Waals surface area contributed by atoms with Crippen LogP contribution in [0.1, 0.15) is 45.9 Å². The van der Waals surface area contributed by atoms with Crippen LogP contribution in [0.25, 0.3) is 0 Å². The van der Waals surface area contributed by atoms with Gasteiger partial charge in [0.25, 0.3) is 0 Å². The van der Waals surface area contributed by atoms with Gasteiger partial charge in [-0.2, -0.15) is 5.10 Å². The molecule has 1 rings (SSSR count). The molecule has 0 saturated carbocycles. The van der Waals surface area contributed by atoms with Crippen molar-refractivity contribution in [1.82, 2.24) is 15.1 Å². The van der Waals surface area contributed by atoms with Crippen molar-refractivity contribution in [3.63, 3.8) is 0 Å². The first kappa shape index (κ1) is 14.2. The summed E-state index contributed by atoms with van der Waals surface area (Å²) in [4.78, 5) is 0. The zero-order valence-electron chi connectivity index (χ0n) is 11.4. The molecule has 0 spiro atoms. The Kier molecular flexibility index (Phi) is 6.22. The summed E-state index contributed by atoms with van der Waals surface area (Å²) in [5.41, 5.74) is 1.09. The first-order valence-electron chi connectivity index (χ1n) is 6.52. The van der Waals surface area contributed by atoms with E-state index >= 15 is 0 Å². The van der Waals surface area contributed by atoms with Crippen LogP contribution in [0.5, 0.6) is 0 Å². The molecule has 98 valence electrons. The van der Waals surface area contributed by atoms with E-state index in [0.717, 1.165) is 31.9 Å². The molecule has 4 nitrogen and oxygen atoms in total. The maximum atomic E-state index is 5.36. The third kappa shape index (κ3) is 4.88. The van der Waals surface area contributed by atoms with Gasteiger partial charge in [0.05, 0.1) is 12.3 Å². The first-order valence-corrected chi connectivity index (χ1v) is 6.52. The summed E-state index contributed by atoms with van der Waals surface area (Å²) in [6.45, 7) is 10.8. The normalized spacial score (nSPS) is 14.8. The average Bonchev–Trinajstić information content (AvgIpc) is 2.81. The lowest BCUT2D eigenvalue weighted by atomic mass is 10.3. The summed E-state index contributed by atoms with van der Waals surface area (Å²) in [5.74, 6) is 0. The number of nitrogens with zero attached hydrogens (tertiary/aromatic N) is 2. The fraction of sp³-hybridized carbons (Fsp3) is 0.769. The smallest absolute Gasteiger partial charge is 0.0762 e. The molecule has 0 bridgehead atoms. The number of aromatic nitrogens is 2. The van der Waals surface area contributed by atoms with Crippen molar-refractivity contribution in [2.75, 3.05) is 13.2 Å². The summed E-state index contributed by atoms with van der Waals surface area (Å²) < 4.78 is 7.39. The Morgan fingerprint density at radius 2 is 2.18 bits per heavy atom. The minimum atomic E-state index is 0.365. The van der Waals surface area contributed by atoms with Crippen molar-refractivity contribution >= 4 is 0 Å². The second-order valence-corrected chi connectivity index (χ2v) is 4.49. The molecule has 1 aromatic rings. The van der Waals surface area contributed by atoms with E-state index in [-0.39, 0.29) is 0 Å². The highest BCUT2D eigenvalue weighted by Gasteiger charge is 2.06. The quantitative estimate of drug-likeness (QED) is 0.757. The number of nitrogens with one attached hydrogen (secondary N) is 1. The van der Waals surface area contributed by atoms with E-state index in [1.807, 2.05) is 11.6 Å². The van der Waals surface area contributed by atoms with Crippen molar-refractivity contribution in [1.29, 1.82) is 0 Å². The van der Waals surface area contributed by atoms with Crippen LogP contribution in [0.4, 0.5) is 0 Å². The standard InChI is InChI=1S/C13H25N3O/c1-5-12(4)16-8-7-13(15-16)9-14-11(3)10-17-6-2/h7-8,11-12,14H,5-6,9-10H2,1-4H3. The highest BCUT2D eigenvalue weighted by atomic mass is 16.5. The lowest BCUT2D eigenvalue weighted by Gasteiger charge is -2.12. The van der Waals surface area contributed by atoms with Crippen LogP contribution in [0.3, 0.4) is 0 Å². The second kappa shape index (κ2) is 7.45. The number of rotatable bonds is 8. The predicted octanol–water partition coefficient (Wildman–Crippen LogP) is 2.37. The largest absolute Gasteiger partial charge is 0.380 e. The van der Waals surface area contributed by atoms with Crippen LogP contribution in [0, 0.1) is 0 Å². The minimum absolute atomic E-state index is 0.365. The molecule has 2 atom stereocenters. The third-order valence-corrected chi connectivity index (χ3v) is 2.91. The van der Waals surface area contributed by atoms with Crippen LogP contribution >= 0.6 is 0 Å². The van der Waals surface area contributed by atoms with Gasteiger partial charge in [0.2, 0.25) is 0 Å². The number of hydrogen-bond donors (Lipinski definition) is 1. The van der Waals surface area contributed by atoms with Crippen LogP contribution in [0.2, 0.25) is 0 Å². The highest BCUT2D eigenvalue weighted by molar-refractivity contribution is 4.99. The van der Waals surface area contributed by atoms with Crippen LogP contribution in [-0.2, 0) is 11.3 Å². The van der Waals surface area contributed by atoms with E-state index in [1.165, 1.54) is 0 Å².